The van der Waals surface area contributed by atoms with Gasteiger partial charge in [-0.3, -0.25) is 10.2 Å². The molecule has 0 saturated carbocycles. The standard InChI is InChI=1S/C22H22ClFN6OS/c1-13-2-5-15(23)10-17(13)25-20(31)12-32-22-27-26-21-19-11-18(14-3-6-16(24)7-4-14)28-30(19)9-8-29(21)22/h2-10,18-19,21,26,28H,11-12H2,1H3,(H,25,31). The first-order valence-electron chi connectivity index (χ1n) is 10.3. The van der Waals surface area contributed by atoms with Crippen LogP contribution in [-0.2, 0) is 4.79 Å². The van der Waals surface area contributed by atoms with E-state index < -0.39 is 0 Å². The van der Waals surface area contributed by atoms with Crippen molar-refractivity contribution >= 4 is 40.1 Å². The number of halogens is 2. The molecule has 0 aliphatic carbocycles. The zero-order valence-corrected chi connectivity index (χ0v) is 18.8. The van der Waals surface area contributed by atoms with E-state index in [1.807, 2.05) is 37.5 Å². The van der Waals surface area contributed by atoms with Gasteiger partial charge in [-0.1, -0.05) is 41.6 Å². The Morgan fingerprint density at radius 2 is 2.09 bits per heavy atom. The predicted octanol–water partition coefficient (Wildman–Crippen LogP) is 3.77. The average molecular weight is 473 g/mol. The first kappa shape index (κ1) is 21.1. The fraction of sp³-hybridized carbons (Fsp3) is 0.273. The van der Waals surface area contributed by atoms with Crippen molar-refractivity contribution in [2.45, 2.75) is 31.6 Å². The summed E-state index contributed by atoms with van der Waals surface area (Å²) in [6, 6.07) is 12.2. The van der Waals surface area contributed by atoms with E-state index in [1.165, 1.54) is 23.9 Å². The normalized spacial score (nSPS) is 23.5. The summed E-state index contributed by atoms with van der Waals surface area (Å²) in [5.41, 5.74) is 9.38. The molecule has 3 N–H and O–H groups in total. The second-order valence-corrected chi connectivity index (χ2v) is 9.29. The molecule has 3 aliphatic heterocycles. The number of rotatable bonds is 4. The van der Waals surface area contributed by atoms with Crippen LogP contribution in [0.3, 0.4) is 0 Å². The molecule has 10 heteroatoms. The summed E-state index contributed by atoms with van der Waals surface area (Å²) in [5.74, 6) is -0.125. The smallest absolute Gasteiger partial charge is 0.234 e. The summed E-state index contributed by atoms with van der Waals surface area (Å²) in [6.45, 7) is 1.92. The van der Waals surface area contributed by atoms with E-state index in [1.54, 1.807) is 12.1 Å². The molecule has 0 bridgehead atoms. The SMILES string of the molecule is Cc1ccc(Cl)cc1NC(=O)CSC1=NNC2C3CC(c4ccc(F)cc4)NN3C=CN12. The number of nitrogens with one attached hydrogen (secondary N) is 3. The zero-order valence-electron chi connectivity index (χ0n) is 17.3. The van der Waals surface area contributed by atoms with Crippen molar-refractivity contribution in [2.75, 3.05) is 11.1 Å². The highest BCUT2D eigenvalue weighted by molar-refractivity contribution is 8.14. The largest absolute Gasteiger partial charge is 0.325 e. The molecule has 2 aromatic carbocycles. The maximum Gasteiger partial charge on any atom is 0.234 e. The highest BCUT2D eigenvalue weighted by Crippen LogP contribution is 2.35. The number of amides is 1. The molecule has 0 radical (unpaired) electrons. The van der Waals surface area contributed by atoms with Gasteiger partial charge < -0.3 is 15.2 Å². The number of hydrogen-bond donors (Lipinski definition) is 3. The second kappa shape index (κ2) is 8.65. The third-order valence-electron chi connectivity index (χ3n) is 5.78. The van der Waals surface area contributed by atoms with E-state index in [2.05, 4.69) is 31.2 Å². The Kier molecular flexibility index (Phi) is 5.71. The topological polar surface area (TPSA) is 72.0 Å². The molecule has 1 amide bonds. The van der Waals surface area contributed by atoms with Gasteiger partial charge in [0.1, 0.15) is 12.0 Å². The number of carbonyl (C=O) groups is 1. The van der Waals surface area contributed by atoms with Crippen LogP contribution in [-0.4, -0.2) is 38.9 Å². The average Bonchev–Trinajstić information content (AvgIpc) is 3.39. The number of anilines is 1. The Hall–Kier alpha value is -2.75. The van der Waals surface area contributed by atoms with Gasteiger partial charge in [0, 0.05) is 23.1 Å². The fourth-order valence-corrected chi connectivity index (χ4v) is 5.05. The number of carbonyl (C=O) groups excluding carboxylic acids is 1. The Bertz CT molecular complexity index is 1090. The zero-order chi connectivity index (χ0) is 22.2. The molecular formula is C22H22ClFN6OS. The van der Waals surface area contributed by atoms with Crippen LogP contribution in [0.4, 0.5) is 10.1 Å². The van der Waals surface area contributed by atoms with E-state index in [9.17, 15) is 9.18 Å². The number of thioether (sulfide) groups is 1. The van der Waals surface area contributed by atoms with E-state index in [0.29, 0.717) is 10.7 Å². The number of hydrogen-bond acceptors (Lipinski definition) is 7. The molecule has 1 fully saturated rings. The van der Waals surface area contributed by atoms with Gasteiger partial charge in [0.15, 0.2) is 5.17 Å². The number of amidine groups is 1. The van der Waals surface area contributed by atoms with Crippen LogP contribution >= 0.6 is 23.4 Å². The van der Waals surface area contributed by atoms with E-state index in [0.717, 1.165) is 22.7 Å². The van der Waals surface area contributed by atoms with Crippen LogP contribution in [0.5, 0.6) is 0 Å². The Morgan fingerprint density at radius 3 is 2.91 bits per heavy atom. The molecule has 0 aromatic heterocycles. The van der Waals surface area contributed by atoms with Gasteiger partial charge in [-0.15, -0.1) is 0 Å². The molecule has 3 heterocycles. The second-order valence-electron chi connectivity index (χ2n) is 7.91. The Morgan fingerprint density at radius 1 is 1.28 bits per heavy atom. The molecule has 3 unspecified atom stereocenters. The van der Waals surface area contributed by atoms with Gasteiger partial charge in [0.2, 0.25) is 5.91 Å². The van der Waals surface area contributed by atoms with Gasteiger partial charge >= 0.3 is 0 Å². The lowest BCUT2D eigenvalue weighted by molar-refractivity contribution is -0.113. The van der Waals surface area contributed by atoms with Crippen molar-refractivity contribution in [3.8, 4) is 0 Å². The molecule has 32 heavy (non-hydrogen) atoms. The minimum absolute atomic E-state index is 0.0429. The summed E-state index contributed by atoms with van der Waals surface area (Å²) in [6.07, 6.45) is 4.72. The van der Waals surface area contributed by atoms with Crippen LogP contribution in [0, 0.1) is 12.7 Å². The third kappa shape index (κ3) is 4.15. The van der Waals surface area contributed by atoms with Gasteiger partial charge in [-0.05, 0) is 48.7 Å². The molecule has 3 atom stereocenters. The minimum Gasteiger partial charge on any atom is -0.325 e. The Balaban J connectivity index is 1.19. The van der Waals surface area contributed by atoms with Gasteiger partial charge in [0.05, 0.1) is 17.8 Å². The molecule has 3 aliphatic rings. The lowest BCUT2D eigenvalue weighted by Gasteiger charge is -2.36. The molecule has 7 nitrogen and oxygen atoms in total. The van der Waals surface area contributed by atoms with Crippen molar-refractivity contribution in [1.29, 1.82) is 0 Å². The van der Waals surface area contributed by atoms with E-state index >= 15 is 0 Å². The summed E-state index contributed by atoms with van der Waals surface area (Å²) in [4.78, 5) is 14.5. The summed E-state index contributed by atoms with van der Waals surface area (Å²) >= 11 is 7.41. The molecule has 0 spiro atoms. The summed E-state index contributed by atoms with van der Waals surface area (Å²) < 4.78 is 13.3. The number of hydrazine groups is 1. The number of hydrazone groups is 1. The molecule has 1 saturated heterocycles. The number of aryl methyl sites for hydroxylation is 1. The quantitative estimate of drug-likeness (QED) is 0.629. The van der Waals surface area contributed by atoms with Crippen molar-refractivity contribution in [3.63, 3.8) is 0 Å². The monoisotopic (exact) mass is 472 g/mol. The van der Waals surface area contributed by atoms with Crippen LogP contribution in [0.15, 0.2) is 60.0 Å². The lowest BCUT2D eigenvalue weighted by Crippen LogP contribution is -2.54. The van der Waals surface area contributed by atoms with Crippen molar-refractivity contribution < 1.29 is 9.18 Å². The highest BCUT2D eigenvalue weighted by atomic mass is 35.5. The first-order valence-corrected chi connectivity index (χ1v) is 11.6. The maximum atomic E-state index is 13.3. The van der Waals surface area contributed by atoms with Crippen LogP contribution in [0.1, 0.15) is 23.6 Å². The van der Waals surface area contributed by atoms with Crippen LogP contribution in [0.2, 0.25) is 5.02 Å². The summed E-state index contributed by atoms with van der Waals surface area (Å²) in [5, 5.41) is 10.8. The van der Waals surface area contributed by atoms with Crippen molar-refractivity contribution in [1.82, 2.24) is 20.8 Å². The minimum atomic E-state index is -0.238. The van der Waals surface area contributed by atoms with Crippen molar-refractivity contribution in [2.24, 2.45) is 5.10 Å². The third-order valence-corrected chi connectivity index (χ3v) is 6.99. The fourth-order valence-electron chi connectivity index (χ4n) is 4.11. The number of benzene rings is 2. The summed E-state index contributed by atoms with van der Waals surface area (Å²) in [7, 11) is 0. The Labute approximate surface area is 194 Å². The van der Waals surface area contributed by atoms with Gasteiger partial charge in [0.25, 0.3) is 0 Å². The van der Waals surface area contributed by atoms with E-state index in [-0.39, 0.29) is 35.7 Å². The molecule has 5 rings (SSSR count). The van der Waals surface area contributed by atoms with Gasteiger partial charge in [-0.2, -0.15) is 5.10 Å². The highest BCUT2D eigenvalue weighted by Gasteiger charge is 2.44. The number of nitrogens with zero attached hydrogens (tertiary/aromatic N) is 3. The van der Waals surface area contributed by atoms with Crippen molar-refractivity contribution in [3.05, 3.63) is 76.8 Å². The van der Waals surface area contributed by atoms with Crippen LogP contribution < -0.4 is 16.2 Å². The molecule has 2 aromatic rings. The lowest BCUT2D eigenvalue weighted by atomic mass is 10.00. The van der Waals surface area contributed by atoms with Gasteiger partial charge in [-0.25, -0.2) is 9.82 Å². The molecule has 166 valence electrons. The van der Waals surface area contributed by atoms with E-state index in [4.69, 9.17) is 11.6 Å². The first-order chi connectivity index (χ1) is 15.5. The predicted molar refractivity (Wildman–Crippen MR) is 125 cm³/mol. The molecular weight excluding hydrogens is 451 g/mol. The van der Waals surface area contributed by atoms with Crippen LogP contribution in [0.25, 0.3) is 0 Å². The maximum absolute atomic E-state index is 13.3. The number of fused-ring (bicyclic) bond motifs is 3.